The van der Waals surface area contributed by atoms with Gasteiger partial charge in [-0.1, -0.05) is 29.4 Å². The maximum atomic E-state index is 12.4. The number of oxime groups is 1. The summed E-state index contributed by atoms with van der Waals surface area (Å²) in [5, 5.41) is 15.5. The van der Waals surface area contributed by atoms with E-state index in [0.717, 1.165) is 10.9 Å². The van der Waals surface area contributed by atoms with Gasteiger partial charge in [0.25, 0.3) is 5.56 Å². The molecule has 120 valence electrons. The number of nitrogens with zero attached hydrogens (tertiary/aromatic N) is 3. The minimum atomic E-state index is -0.828. The standard InChI is InChI=1S/C17H20N4O2/c1-2-10-17(18)12-20(11-9-15(17)19-23)21-14-6-4-3-5-13(14)7-8-16(21)22/h2-8,23H,1,9-12,18H2. The Morgan fingerprint density at radius 3 is 2.87 bits per heavy atom. The SMILES string of the molecule is C=CCC1(N)CN(n2c(=O)ccc3ccccc32)CCC1=NO. The van der Waals surface area contributed by atoms with Gasteiger partial charge in [-0.15, -0.1) is 6.58 Å². The van der Waals surface area contributed by atoms with Crippen LogP contribution in [0.1, 0.15) is 12.8 Å². The van der Waals surface area contributed by atoms with Crippen molar-refractivity contribution in [2.75, 3.05) is 18.1 Å². The second-order valence-corrected chi connectivity index (χ2v) is 5.88. The van der Waals surface area contributed by atoms with Crippen molar-refractivity contribution in [1.82, 2.24) is 4.68 Å². The van der Waals surface area contributed by atoms with E-state index in [-0.39, 0.29) is 5.56 Å². The summed E-state index contributed by atoms with van der Waals surface area (Å²) in [6, 6.07) is 11.1. The molecule has 1 aliphatic heterocycles. The van der Waals surface area contributed by atoms with Crippen LogP contribution in [0, 0.1) is 0 Å². The number of para-hydroxylation sites is 1. The highest BCUT2D eigenvalue weighted by molar-refractivity contribution is 5.95. The van der Waals surface area contributed by atoms with E-state index in [9.17, 15) is 10.0 Å². The Morgan fingerprint density at radius 2 is 2.13 bits per heavy atom. The first-order valence-corrected chi connectivity index (χ1v) is 7.56. The first-order valence-electron chi connectivity index (χ1n) is 7.56. The molecular weight excluding hydrogens is 292 g/mol. The van der Waals surface area contributed by atoms with E-state index in [4.69, 9.17) is 5.73 Å². The summed E-state index contributed by atoms with van der Waals surface area (Å²) < 4.78 is 1.66. The molecule has 6 nitrogen and oxygen atoms in total. The lowest BCUT2D eigenvalue weighted by Gasteiger charge is -2.41. The molecule has 3 N–H and O–H groups in total. The van der Waals surface area contributed by atoms with Crippen molar-refractivity contribution in [3.63, 3.8) is 0 Å². The highest BCUT2D eigenvalue weighted by atomic mass is 16.4. The van der Waals surface area contributed by atoms with E-state index in [0.29, 0.717) is 31.6 Å². The molecule has 1 aromatic carbocycles. The van der Waals surface area contributed by atoms with Crippen LogP contribution in [0.15, 0.2) is 59.0 Å². The second kappa shape index (κ2) is 5.89. The van der Waals surface area contributed by atoms with Crippen molar-refractivity contribution in [2.24, 2.45) is 10.9 Å². The third-order valence-corrected chi connectivity index (χ3v) is 4.34. The molecule has 0 aliphatic carbocycles. The van der Waals surface area contributed by atoms with Crippen LogP contribution in [0.2, 0.25) is 0 Å². The molecule has 1 unspecified atom stereocenters. The Morgan fingerprint density at radius 1 is 1.35 bits per heavy atom. The monoisotopic (exact) mass is 312 g/mol. The Labute approximate surface area is 134 Å². The maximum absolute atomic E-state index is 12.4. The van der Waals surface area contributed by atoms with Gasteiger partial charge in [0, 0.05) is 24.4 Å². The molecule has 1 fully saturated rings. The van der Waals surface area contributed by atoms with Gasteiger partial charge in [0.2, 0.25) is 0 Å². The molecule has 6 heteroatoms. The molecule has 0 radical (unpaired) electrons. The number of hydrogen-bond acceptors (Lipinski definition) is 5. The number of rotatable bonds is 3. The molecule has 23 heavy (non-hydrogen) atoms. The predicted octanol–water partition coefficient (Wildman–Crippen LogP) is 1.45. The molecule has 1 saturated heterocycles. The molecular formula is C17H20N4O2. The van der Waals surface area contributed by atoms with Crippen LogP contribution in [0.25, 0.3) is 10.9 Å². The largest absolute Gasteiger partial charge is 0.411 e. The number of hydrogen-bond donors (Lipinski definition) is 2. The highest BCUT2D eigenvalue weighted by Crippen LogP contribution is 2.21. The van der Waals surface area contributed by atoms with E-state index in [1.165, 1.54) is 0 Å². The summed E-state index contributed by atoms with van der Waals surface area (Å²) in [5.74, 6) is 0. The van der Waals surface area contributed by atoms with Crippen LogP contribution in [0.4, 0.5) is 0 Å². The number of nitrogens with two attached hydrogens (primary N) is 1. The van der Waals surface area contributed by atoms with Crippen LogP contribution < -0.4 is 16.3 Å². The molecule has 2 heterocycles. The lowest BCUT2D eigenvalue weighted by molar-refractivity contribution is 0.305. The molecule has 1 atom stereocenters. The van der Waals surface area contributed by atoms with Crippen molar-refractivity contribution in [2.45, 2.75) is 18.4 Å². The van der Waals surface area contributed by atoms with Gasteiger partial charge >= 0.3 is 0 Å². The zero-order valence-corrected chi connectivity index (χ0v) is 12.9. The fourth-order valence-electron chi connectivity index (χ4n) is 3.20. The summed E-state index contributed by atoms with van der Waals surface area (Å²) in [5.41, 5.74) is 6.88. The number of piperidine rings is 1. The quantitative estimate of drug-likeness (QED) is 0.510. The molecule has 1 aliphatic rings. The Bertz CT molecular complexity index is 827. The van der Waals surface area contributed by atoms with Crippen LogP contribution >= 0.6 is 0 Å². The van der Waals surface area contributed by atoms with Gasteiger partial charge in [0.15, 0.2) is 0 Å². The number of aromatic nitrogens is 1. The van der Waals surface area contributed by atoms with Gasteiger partial charge in [-0.25, -0.2) is 4.68 Å². The molecule has 0 spiro atoms. The third kappa shape index (κ3) is 2.61. The fraction of sp³-hybridized carbons (Fsp3) is 0.294. The smallest absolute Gasteiger partial charge is 0.269 e. The molecule has 2 aromatic rings. The van der Waals surface area contributed by atoms with E-state index < -0.39 is 5.54 Å². The van der Waals surface area contributed by atoms with Crippen molar-refractivity contribution in [3.8, 4) is 0 Å². The van der Waals surface area contributed by atoms with Crippen molar-refractivity contribution in [3.05, 3.63) is 59.4 Å². The van der Waals surface area contributed by atoms with Gasteiger partial charge in [-0.2, -0.15) is 0 Å². The molecule has 0 saturated carbocycles. The van der Waals surface area contributed by atoms with Crippen molar-refractivity contribution < 1.29 is 5.21 Å². The summed E-state index contributed by atoms with van der Waals surface area (Å²) in [7, 11) is 0. The van der Waals surface area contributed by atoms with Crippen LogP contribution in [0.5, 0.6) is 0 Å². The Hall–Kier alpha value is -2.60. The first kappa shape index (κ1) is 15.3. The van der Waals surface area contributed by atoms with Crippen molar-refractivity contribution >= 4 is 16.6 Å². The van der Waals surface area contributed by atoms with E-state index in [1.54, 1.807) is 16.8 Å². The Kier molecular flexibility index (Phi) is 3.92. The highest BCUT2D eigenvalue weighted by Gasteiger charge is 2.37. The van der Waals surface area contributed by atoms with E-state index >= 15 is 0 Å². The first-order chi connectivity index (χ1) is 11.1. The topological polar surface area (TPSA) is 83.8 Å². The molecule has 0 amide bonds. The normalized spacial score (nSPS) is 23.3. The minimum absolute atomic E-state index is 0.103. The summed E-state index contributed by atoms with van der Waals surface area (Å²) in [6.45, 7) is 4.67. The van der Waals surface area contributed by atoms with Gasteiger partial charge in [-0.3, -0.25) is 4.79 Å². The number of fused-ring (bicyclic) bond motifs is 1. The molecule has 1 aromatic heterocycles. The van der Waals surface area contributed by atoms with Gasteiger partial charge in [0.1, 0.15) is 0 Å². The second-order valence-electron chi connectivity index (χ2n) is 5.88. The predicted molar refractivity (Wildman–Crippen MR) is 91.7 cm³/mol. The lowest BCUT2D eigenvalue weighted by atomic mass is 9.85. The van der Waals surface area contributed by atoms with E-state index in [2.05, 4.69) is 11.7 Å². The zero-order valence-electron chi connectivity index (χ0n) is 12.9. The van der Waals surface area contributed by atoms with E-state index in [1.807, 2.05) is 35.3 Å². The van der Waals surface area contributed by atoms with Crippen LogP contribution in [-0.2, 0) is 0 Å². The molecule has 3 rings (SSSR count). The average molecular weight is 312 g/mol. The fourth-order valence-corrected chi connectivity index (χ4v) is 3.20. The zero-order chi connectivity index (χ0) is 16.4. The number of benzene rings is 1. The average Bonchev–Trinajstić information content (AvgIpc) is 2.54. The lowest BCUT2D eigenvalue weighted by Crippen LogP contribution is -2.64. The summed E-state index contributed by atoms with van der Waals surface area (Å²) in [6.07, 6.45) is 2.68. The minimum Gasteiger partial charge on any atom is -0.411 e. The Balaban J connectivity index is 2.08. The summed E-state index contributed by atoms with van der Waals surface area (Å²) >= 11 is 0. The maximum Gasteiger partial charge on any atom is 0.269 e. The van der Waals surface area contributed by atoms with Crippen molar-refractivity contribution in [1.29, 1.82) is 0 Å². The van der Waals surface area contributed by atoms with Gasteiger partial charge < -0.3 is 15.9 Å². The number of pyridine rings is 1. The van der Waals surface area contributed by atoms with Gasteiger partial charge in [-0.05, 0) is 18.6 Å². The third-order valence-electron chi connectivity index (χ3n) is 4.34. The van der Waals surface area contributed by atoms with Crippen LogP contribution in [-0.4, -0.2) is 34.2 Å². The van der Waals surface area contributed by atoms with Gasteiger partial charge in [0.05, 0.1) is 23.3 Å². The summed E-state index contributed by atoms with van der Waals surface area (Å²) in [4.78, 5) is 12.4. The molecule has 0 bridgehead atoms. The van der Waals surface area contributed by atoms with Crippen LogP contribution in [0.3, 0.4) is 0 Å².